The molecule has 0 bridgehead atoms. The lowest BCUT2D eigenvalue weighted by molar-refractivity contribution is 0.104. The molecule has 0 unspecified atom stereocenters. The zero-order chi connectivity index (χ0) is 15.2. The minimum Gasteiger partial charge on any atom is -0.497 e. The van der Waals surface area contributed by atoms with Crippen LogP contribution in [-0.2, 0) is 0 Å². The highest BCUT2D eigenvalue weighted by atomic mass is 19.1. The fourth-order valence-corrected chi connectivity index (χ4v) is 1.85. The van der Waals surface area contributed by atoms with Crippen LogP contribution in [-0.4, -0.2) is 20.0 Å². The number of allylic oxidation sites excluding steroid dienone is 1. The summed E-state index contributed by atoms with van der Waals surface area (Å²) in [4.78, 5) is 12.0. The average Bonchev–Trinajstić information content (AvgIpc) is 2.52. The molecule has 0 aliphatic carbocycles. The Hall–Kier alpha value is -2.62. The van der Waals surface area contributed by atoms with Crippen molar-refractivity contribution in [2.24, 2.45) is 0 Å². The number of hydrogen-bond donors (Lipinski definition) is 0. The van der Waals surface area contributed by atoms with Gasteiger partial charge in [0.1, 0.15) is 17.3 Å². The first-order chi connectivity index (χ1) is 10.1. The van der Waals surface area contributed by atoms with E-state index in [2.05, 4.69) is 0 Å². The molecule has 108 valence electrons. The number of carbonyl (C=O) groups is 1. The van der Waals surface area contributed by atoms with E-state index < -0.39 is 11.6 Å². The maximum absolute atomic E-state index is 13.5. The van der Waals surface area contributed by atoms with Crippen molar-refractivity contribution in [3.05, 3.63) is 65.5 Å². The molecule has 0 heterocycles. The van der Waals surface area contributed by atoms with Gasteiger partial charge in [0, 0.05) is 6.07 Å². The highest BCUT2D eigenvalue weighted by Gasteiger charge is 2.07. The molecule has 0 saturated carbocycles. The lowest BCUT2D eigenvalue weighted by Crippen LogP contribution is -1.97. The number of methoxy groups -OCH3 is 2. The molecule has 0 atom stereocenters. The van der Waals surface area contributed by atoms with E-state index >= 15 is 0 Å². The zero-order valence-corrected chi connectivity index (χ0v) is 11.8. The zero-order valence-electron chi connectivity index (χ0n) is 11.8. The molecule has 0 amide bonds. The fraction of sp³-hybridized carbons (Fsp3) is 0.118. The van der Waals surface area contributed by atoms with E-state index in [1.807, 2.05) is 0 Å². The van der Waals surface area contributed by atoms with E-state index in [9.17, 15) is 9.18 Å². The number of rotatable bonds is 5. The van der Waals surface area contributed by atoms with Gasteiger partial charge in [-0.25, -0.2) is 4.39 Å². The molecule has 21 heavy (non-hydrogen) atoms. The van der Waals surface area contributed by atoms with Crippen LogP contribution in [0.1, 0.15) is 15.9 Å². The summed E-state index contributed by atoms with van der Waals surface area (Å²) in [6.07, 6.45) is 2.92. The van der Waals surface area contributed by atoms with Crippen LogP contribution < -0.4 is 9.47 Å². The van der Waals surface area contributed by atoms with Crippen LogP contribution in [0.25, 0.3) is 6.08 Å². The van der Waals surface area contributed by atoms with Crippen molar-refractivity contribution in [1.29, 1.82) is 0 Å². The summed E-state index contributed by atoms with van der Waals surface area (Å²) in [6, 6.07) is 11.1. The van der Waals surface area contributed by atoms with Gasteiger partial charge in [0.05, 0.1) is 19.8 Å². The fourth-order valence-electron chi connectivity index (χ4n) is 1.85. The third kappa shape index (κ3) is 3.69. The summed E-state index contributed by atoms with van der Waals surface area (Å²) >= 11 is 0. The Morgan fingerprint density at radius 2 is 1.67 bits per heavy atom. The number of halogens is 1. The Balaban J connectivity index is 2.25. The van der Waals surface area contributed by atoms with E-state index in [1.165, 1.54) is 18.2 Å². The van der Waals surface area contributed by atoms with Crippen LogP contribution in [0.4, 0.5) is 4.39 Å². The van der Waals surface area contributed by atoms with E-state index in [1.54, 1.807) is 50.6 Å². The van der Waals surface area contributed by atoms with Gasteiger partial charge in [0.15, 0.2) is 5.78 Å². The molecular formula is C17H15FO3. The monoisotopic (exact) mass is 286 g/mol. The molecule has 2 aromatic rings. The smallest absolute Gasteiger partial charge is 0.188 e. The van der Waals surface area contributed by atoms with Gasteiger partial charge in [-0.05, 0) is 35.9 Å². The predicted molar refractivity (Wildman–Crippen MR) is 79.3 cm³/mol. The SMILES string of the molecule is COc1cc(C=CC(=O)c2ccccc2F)cc(OC)c1. The van der Waals surface area contributed by atoms with Gasteiger partial charge in [-0.3, -0.25) is 4.79 Å². The van der Waals surface area contributed by atoms with Crippen LogP contribution >= 0.6 is 0 Å². The first-order valence-electron chi connectivity index (χ1n) is 6.34. The number of ether oxygens (including phenoxy) is 2. The molecule has 0 aliphatic rings. The van der Waals surface area contributed by atoms with Crippen molar-refractivity contribution in [3.63, 3.8) is 0 Å². The van der Waals surface area contributed by atoms with Crippen molar-refractivity contribution >= 4 is 11.9 Å². The lowest BCUT2D eigenvalue weighted by Gasteiger charge is -2.05. The maximum Gasteiger partial charge on any atom is 0.188 e. The Kier molecular flexibility index (Phi) is 4.72. The van der Waals surface area contributed by atoms with Crippen molar-refractivity contribution in [2.45, 2.75) is 0 Å². The third-order valence-electron chi connectivity index (χ3n) is 2.94. The molecular weight excluding hydrogens is 271 g/mol. The number of benzene rings is 2. The molecule has 3 nitrogen and oxygen atoms in total. The lowest BCUT2D eigenvalue weighted by atomic mass is 10.1. The average molecular weight is 286 g/mol. The quantitative estimate of drug-likeness (QED) is 0.620. The highest BCUT2D eigenvalue weighted by molar-refractivity contribution is 6.07. The molecule has 0 N–H and O–H groups in total. The Morgan fingerprint density at radius 1 is 1.05 bits per heavy atom. The highest BCUT2D eigenvalue weighted by Crippen LogP contribution is 2.23. The number of hydrogen-bond acceptors (Lipinski definition) is 3. The minimum absolute atomic E-state index is 0.0450. The van der Waals surface area contributed by atoms with Crippen LogP contribution in [0.2, 0.25) is 0 Å². The molecule has 0 fully saturated rings. The van der Waals surface area contributed by atoms with Crippen molar-refractivity contribution < 1.29 is 18.7 Å². The molecule has 4 heteroatoms. The summed E-state index contributed by atoms with van der Waals surface area (Å²) < 4.78 is 23.8. The van der Waals surface area contributed by atoms with Gasteiger partial charge >= 0.3 is 0 Å². The van der Waals surface area contributed by atoms with E-state index in [0.717, 1.165) is 5.56 Å². The van der Waals surface area contributed by atoms with Crippen LogP contribution in [0.5, 0.6) is 11.5 Å². The summed E-state index contributed by atoms with van der Waals surface area (Å²) in [5.74, 6) is 0.310. The standard InChI is InChI=1S/C17H15FO3/c1-20-13-9-12(10-14(11-13)21-2)7-8-17(19)15-5-3-4-6-16(15)18/h3-11H,1-2H3. The van der Waals surface area contributed by atoms with E-state index in [0.29, 0.717) is 11.5 Å². The molecule has 0 radical (unpaired) electrons. The Bertz CT molecular complexity index is 655. The summed E-state index contributed by atoms with van der Waals surface area (Å²) in [7, 11) is 3.10. The van der Waals surface area contributed by atoms with Gasteiger partial charge < -0.3 is 9.47 Å². The summed E-state index contributed by atoms with van der Waals surface area (Å²) in [5, 5.41) is 0. The maximum atomic E-state index is 13.5. The molecule has 0 aromatic heterocycles. The van der Waals surface area contributed by atoms with Crippen molar-refractivity contribution in [2.75, 3.05) is 14.2 Å². The van der Waals surface area contributed by atoms with Crippen molar-refractivity contribution in [1.82, 2.24) is 0 Å². The Labute approximate surface area is 122 Å². The second-order valence-electron chi connectivity index (χ2n) is 4.32. The topological polar surface area (TPSA) is 35.5 Å². The summed E-state index contributed by atoms with van der Waals surface area (Å²) in [5.41, 5.74) is 0.777. The van der Waals surface area contributed by atoms with Crippen molar-refractivity contribution in [3.8, 4) is 11.5 Å². The predicted octanol–water partition coefficient (Wildman–Crippen LogP) is 3.74. The van der Waals surface area contributed by atoms with E-state index in [-0.39, 0.29) is 5.56 Å². The van der Waals surface area contributed by atoms with Gasteiger partial charge in [-0.15, -0.1) is 0 Å². The first kappa shape index (κ1) is 14.8. The molecule has 0 saturated heterocycles. The van der Waals surface area contributed by atoms with Crippen LogP contribution in [0.15, 0.2) is 48.5 Å². The number of carbonyl (C=O) groups excluding carboxylic acids is 1. The van der Waals surface area contributed by atoms with Crippen LogP contribution in [0, 0.1) is 5.82 Å². The third-order valence-corrected chi connectivity index (χ3v) is 2.94. The summed E-state index contributed by atoms with van der Waals surface area (Å²) in [6.45, 7) is 0. The normalized spacial score (nSPS) is 10.6. The van der Waals surface area contributed by atoms with Gasteiger partial charge in [0.25, 0.3) is 0 Å². The van der Waals surface area contributed by atoms with Crippen LogP contribution in [0.3, 0.4) is 0 Å². The number of ketones is 1. The largest absolute Gasteiger partial charge is 0.497 e. The minimum atomic E-state index is -0.532. The Morgan fingerprint density at radius 3 is 2.24 bits per heavy atom. The van der Waals surface area contributed by atoms with Gasteiger partial charge in [-0.1, -0.05) is 18.2 Å². The van der Waals surface area contributed by atoms with Gasteiger partial charge in [0.2, 0.25) is 0 Å². The molecule has 2 aromatic carbocycles. The van der Waals surface area contributed by atoms with E-state index in [4.69, 9.17) is 9.47 Å². The second kappa shape index (κ2) is 6.70. The molecule has 0 aliphatic heterocycles. The first-order valence-corrected chi connectivity index (χ1v) is 6.34. The second-order valence-corrected chi connectivity index (χ2v) is 4.32. The molecule has 2 rings (SSSR count). The molecule has 0 spiro atoms. The van der Waals surface area contributed by atoms with Gasteiger partial charge in [-0.2, -0.15) is 0 Å².